The fraction of sp³-hybridized carbons (Fsp3) is 0.429. The van der Waals surface area contributed by atoms with Crippen LogP contribution in [0.3, 0.4) is 0 Å². The van der Waals surface area contributed by atoms with Gasteiger partial charge < -0.3 is 5.32 Å². The van der Waals surface area contributed by atoms with Crippen molar-refractivity contribution >= 4 is 23.1 Å². The molecule has 0 fully saturated rings. The zero-order valence-electron chi connectivity index (χ0n) is 11.1. The van der Waals surface area contributed by atoms with Crippen molar-refractivity contribution in [3.05, 3.63) is 33.1 Å². The Morgan fingerprint density at radius 1 is 1.58 bits per heavy atom. The van der Waals surface area contributed by atoms with Gasteiger partial charge in [-0.2, -0.15) is 5.10 Å². The molecule has 100 valence electrons. The molecule has 0 saturated heterocycles. The molecule has 0 spiro atoms. The molecule has 2 aromatic heterocycles. The lowest BCUT2D eigenvalue weighted by atomic mass is 9.88. The number of anilines is 1. The van der Waals surface area contributed by atoms with E-state index < -0.39 is 0 Å². The molecule has 4 nitrogen and oxygen atoms in total. The third-order valence-electron chi connectivity index (χ3n) is 3.59. The topological polar surface area (TPSA) is 57.8 Å². The number of aromatic amines is 1. The van der Waals surface area contributed by atoms with E-state index in [9.17, 15) is 4.79 Å². The molecule has 1 amide bonds. The summed E-state index contributed by atoms with van der Waals surface area (Å²) < 4.78 is 0. The summed E-state index contributed by atoms with van der Waals surface area (Å²) in [6.45, 7) is 4.19. The first kappa shape index (κ1) is 12.4. The predicted molar refractivity (Wildman–Crippen MR) is 76.8 cm³/mol. The van der Waals surface area contributed by atoms with Gasteiger partial charge in [0.05, 0.1) is 5.56 Å². The molecule has 0 bridgehead atoms. The molecule has 2 N–H and O–H groups in total. The number of thiophene rings is 1. The first-order valence-corrected chi connectivity index (χ1v) is 7.44. The molecular weight excluding hydrogens is 258 g/mol. The number of hydrogen-bond acceptors (Lipinski definition) is 3. The minimum Gasteiger partial charge on any atom is -0.305 e. The maximum atomic E-state index is 12.3. The lowest BCUT2D eigenvalue weighted by molar-refractivity contribution is 0.102. The van der Waals surface area contributed by atoms with E-state index >= 15 is 0 Å². The van der Waals surface area contributed by atoms with Crippen molar-refractivity contribution in [1.29, 1.82) is 0 Å². The number of H-pyrrole nitrogens is 1. The van der Waals surface area contributed by atoms with Crippen molar-refractivity contribution < 1.29 is 4.79 Å². The highest BCUT2D eigenvalue weighted by molar-refractivity contribution is 7.10. The normalized spacial score (nSPS) is 18.1. The molecule has 19 heavy (non-hydrogen) atoms. The monoisotopic (exact) mass is 275 g/mol. The summed E-state index contributed by atoms with van der Waals surface area (Å²) >= 11 is 1.71. The highest BCUT2D eigenvalue weighted by Crippen LogP contribution is 2.33. The molecule has 1 atom stereocenters. The van der Waals surface area contributed by atoms with Gasteiger partial charge in [0.25, 0.3) is 5.91 Å². The van der Waals surface area contributed by atoms with Crippen molar-refractivity contribution in [2.45, 2.75) is 33.1 Å². The summed E-state index contributed by atoms with van der Waals surface area (Å²) in [5.41, 5.74) is 3.01. The van der Waals surface area contributed by atoms with E-state index in [4.69, 9.17) is 0 Å². The van der Waals surface area contributed by atoms with Crippen molar-refractivity contribution in [1.82, 2.24) is 10.2 Å². The Labute approximate surface area is 116 Å². The van der Waals surface area contributed by atoms with Gasteiger partial charge in [-0.05, 0) is 37.7 Å². The maximum Gasteiger partial charge on any atom is 0.257 e. The van der Waals surface area contributed by atoms with E-state index in [1.54, 1.807) is 11.3 Å². The van der Waals surface area contributed by atoms with Crippen molar-refractivity contribution in [3.63, 3.8) is 0 Å². The van der Waals surface area contributed by atoms with Crippen LogP contribution in [0.25, 0.3) is 0 Å². The molecule has 2 aromatic rings. The number of fused-ring (bicyclic) bond motifs is 1. The number of aromatic nitrogens is 2. The van der Waals surface area contributed by atoms with Crippen molar-refractivity contribution in [2.24, 2.45) is 5.92 Å². The van der Waals surface area contributed by atoms with E-state index in [1.165, 1.54) is 16.9 Å². The Morgan fingerprint density at radius 2 is 2.42 bits per heavy atom. The molecule has 3 rings (SSSR count). The zero-order chi connectivity index (χ0) is 13.4. The second kappa shape index (κ2) is 4.81. The average molecular weight is 275 g/mol. The van der Waals surface area contributed by atoms with Crippen LogP contribution in [0.2, 0.25) is 0 Å². The Morgan fingerprint density at radius 3 is 3.16 bits per heavy atom. The smallest absolute Gasteiger partial charge is 0.257 e. The van der Waals surface area contributed by atoms with Crippen LogP contribution in [0, 0.1) is 12.8 Å². The van der Waals surface area contributed by atoms with Crippen LogP contribution in [-0.4, -0.2) is 16.1 Å². The quantitative estimate of drug-likeness (QED) is 0.884. The number of hydrogen-bond donors (Lipinski definition) is 2. The number of amides is 1. The summed E-state index contributed by atoms with van der Waals surface area (Å²) in [7, 11) is 0. The van der Waals surface area contributed by atoms with Crippen LogP contribution in [0.15, 0.2) is 11.4 Å². The summed E-state index contributed by atoms with van der Waals surface area (Å²) in [6.07, 6.45) is 3.29. The van der Waals surface area contributed by atoms with Crippen LogP contribution in [0.4, 0.5) is 5.82 Å². The molecular formula is C14H17N3OS. The Kier molecular flexibility index (Phi) is 3.14. The van der Waals surface area contributed by atoms with E-state index in [0.29, 0.717) is 5.82 Å². The summed E-state index contributed by atoms with van der Waals surface area (Å²) in [4.78, 5) is 13.7. The molecule has 0 saturated carbocycles. The SMILES string of the molecule is Cc1cc(NC(=O)c2csc3c2CCC(C)C3)n[nH]1. The Balaban J connectivity index is 1.81. The number of carbonyl (C=O) groups is 1. The Bertz CT molecular complexity index is 614. The third kappa shape index (κ3) is 2.42. The molecule has 0 aliphatic heterocycles. The van der Waals surface area contributed by atoms with Crippen LogP contribution >= 0.6 is 11.3 Å². The van der Waals surface area contributed by atoms with Crippen LogP contribution in [-0.2, 0) is 12.8 Å². The van der Waals surface area contributed by atoms with Gasteiger partial charge in [0, 0.05) is 22.0 Å². The minimum atomic E-state index is -0.0430. The predicted octanol–water partition coefficient (Wildman–Crippen LogP) is 3.16. The summed E-state index contributed by atoms with van der Waals surface area (Å²) in [5.74, 6) is 1.28. The van der Waals surface area contributed by atoms with E-state index in [0.717, 1.165) is 30.0 Å². The standard InChI is InChI=1S/C14H17N3OS/c1-8-3-4-10-11(7-19-12(10)5-8)14(18)15-13-6-9(2)16-17-13/h6-8H,3-5H2,1-2H3,(H2,15,16,17,18). The maximum absolute atomic E-state index is 12.3. The molecule has 1 aliphatic carbocycles. The van der Waals surface area contributed by atoms with Gasteiger partial charge in [-0.25, -0.2) is 0 Å². The summed E-state index contributed by atoms with van der Waals surface area (Å²) in [6, 6.07) is 1.83. The van der Waals surface area contributed by atoms with E-state index in [1.807, 2.05) is 18.4 Å². The van der Waals surface area contributed by atoms with Crippen LogP contribution in [0.5, 0.6) is 0 Å². The lowest BCUT2D eigenvalue weighted by Crippen LogP contribution is -2.16. The number of nitrogens with zero attached hydrogens (tertiary/aromatic N) is 1. The minimum absolute atomic E-state index is 0.0430. The number of rotatable bonds is 2. The second-order valence-corrected chi connectivity index (χ2v) is 6.25. The number of carbonyl (C=O) groups excluding carboxylic acids is 1. The van der Waals surface area contributed by atoms with E-state index in [2.05, 4.69) is 22.4 Å². The molecule has 1 unspecified atom stereocenters. The molecule has 0 radical (unpaired) electrons. The highest BCUT2D eigenvalue weighted by Gasteiger charge is 2.23. The molecule has 5 heteroatoms. The lowest BCUT2D eigenvalue weighted by Gasteiger charge is -2.18. The first-order chi connectivity index (χ1) is 9.13. The van der Waals surface area contributed by atoms with E-state index in [-0.39, 0.29) is 5.91 Å². The number of aryl methyl sites for hydroxylation is 1. The van der Waals surface area contributed by atoms with Gasteiger partial charge in [0.1, 0.15) is 0 Å². The fourth-order valence-corrected chi connectivity index (χ4v) is 3.78. The highest BCUT2D eigenvalue weighted by atomic mass is 32.1. The van der Waals surface area contributed by atoms with Crippen LogP contribution < -0.4 is 5.32 Å². The fourth-order valence-electron chi connectivity index (χ4n) is 2.53. The first-order valence-electron chi connectivity index (χ1n) is 6.56. The van der Waals surface area contributed by atoms with Gasteiger partial charge in [0.2, 0.25) is 0 Å². The Hall–Kier alpha value is -1.62. The van der Waals surface area contributed by atoms with Gasteiger partial charge >= 0.3 is 0 Å². The second-order valence-electron chi connectivity index (χ2n) is 5.29. The van der Waals surface area contributed by atoms with Crippen LogP contribution in [0.1, 0.15) is 39.8 Å². The largest absolute Gasteiger partial charge is 0.305 e. The van der Waals surface area contributed by atoms with Gasteiger partial charge in [-0.1, -0.05) is 6.92 Å². The summed E-state index contributed by atoms with van der Waals surface area (Å²) in [5, 5.41) is 11.7. The molecule has 2 heterocycles. The zero-order valence-corrected chi connectivity index (χ0v) is 11.9. The van der Waals surface area contributed by atoms with Gasteiger partial charge in [-0.15, -0.1) is 11.3 Å². The van der Waals surface area contributed by atoms with Crippen molar-refractivity contribution in [3.8, 4) is 0 Å². The average Bonchev–Trinajstić information content (AvgIpc) is 2.95. The van der Waals surface area contributed by atoms with Gasteiger partial charge in [-0.3, -0.25) is 9.89 Å². The third-order valence-corrected chi connectivity index (χ3v) is 4.65. The van der Waals surface area contributed by atoms with Gasteiger partial charge in [0.15, 0.2) is 5.82 Å². The molecule has 0 aromatic carbocycles. The molecule has 1 aliphatic rings. The number of nitrogens with one attached hydrogen (secondary N) is 2. The van der Waals surface area contributed by atoms with Crippen molar-refractivity contribution in [2.75, 3.05) is 5.32 Å².